The van der Waals surface area contributed by atoms with E-state index < -0.39 is 0 Å². The number of rotatable bonds is 6. The minimum absolute atomic E-state index is 0.291. The molecule has 2 aromatic carbocycles. The van der Waals surface area contributed by atoms with Crippen molar-refractivity contribution in [3.63, 3.8) is 0 Å². The molecule has 1 saturated heterocycles. The molecule has 1 N–H and O–H groups in total. The number of aliphatic imine (C=N–C) groups is 1. The molecular formula is C26H25FN6O2. The SMILES string of the molecule is CCOc1cc(Nc2nc(-c3cc(F)c4c(c3)CN=C4)cn3ccnc23)ccc1N1CCOCC1. The van der Waals surface area contributed by atoms with Crippen LogP contribution in [0.2, 0.25) is 0 Å². The number of aromatic nitrogens is 3. The number of halogens is 1. The summed E-state index contributed by atoms with van der Waals surface area (Å²) in [6.45, 7) is 6.08. The number of ether oxygens (including phenoxy) is 2. The Labute approximate surface area is 202 Å². The van der Waals surface area contributed by atoms with Crippen LogP contribution in [-0.2, 0) is 11.3 Å². The smallest absolute Gasteiger partial charge is 0.180 e. The van der Waals surface area contributed by atoms with Crippen molar-refractivity contribution in [1.29, 1.82) is 0 Å². The molecule has 0 aliphatic carbocycles. The van der Waals surface area contributed by atoms with Crippen molar-refractivity contribution in [2.45, 2.75) is 13.5 Å². The fourth-order valence-electron chi connectivity index (χ4n) is 4.55. The van der Waals surface area contributed by atoms with Crippen molar-refractivity contribution in [2.24, 2.45) is 4.99 Å². The van der Waals surface area contributed by atoms with E-state index in [4.69, 9.17) is 14.5 Å². The molecule has 0 spiro atoms. The number of benzene rings is 2. The lowest BCUT2D eigenvalue weighted by Gasteiger charge is -2.30. The molecule has 0 amide bonds. The van der Waals surface area contributed by atoms with Crippen molar-refractivity contribution in [1.82, 2.24) is 14.4 Å². The number of hydrogen-bond donors (Lipinski definition) is 1. The molecule has 4 aromatic rings. The summed E-state index contributed by atoms with van der Waals surface area (Å²) in [7, 11) is 0. The van der Waals surface area contributed by atoms with Gasteiger partial charge < -0.3 is 24.1 Å². The van der Waals surface area contributed by atoms with Gasteiger partial charge in [0.2, 0.25) is 0 Å². The molecule has 35 heavy (non-hydrogen) atoms. The molecule has 2 aliphatic rings. The summed E-state index contributed by atoms with van der Waals surface area (Å²) in [4.78, 5) is 15.8. The molecule has 8 nitrogen and oxygen atoms in total. The van der Waals surface area contributed by atoms with Gasteiger partial charge in [0.25, 0.3) is 0 Å². The Morgan fingerprint density at radius 1 is 1.17 bits per heavy atom. The van der Waals surface area contributed by atoms with Crippen molar-refractivity contribution in [2.75, 3.05) is 43.1 Å². The van der Waals surface area contributed by atoms with E-state index in [1.54, 1.807) is 12.4 Å². The minimum atomic E-state index is -0.291. The van der Waals surface area contributed by atoms with E-state index >= 15 is 0 Å². The van der Waals surface area contributed by atoms with Gasteiger partial charge in [0.15, 0.2) is 11.5 Å². The zero-order chi connectivity index (χ0) is 23.8. The van der Waals surface area contributed by atoms with Gasteiger partial charge in [0.05, 0.1) is 37.7 Å². The predicted molar refractivity (Wildman–Crippen MR) is 134 cm³/mol. The molecule has 2 aliphatic heterocycles. The lowest BCUT2D eigenvalue weighted by molar-refractivity contribution is 0.122. The Hall–Kier alpha value is -3.98. The molecule has 0 radical (unpaired) electrons. The lowest BCUT2D eigenvalue weighted by Crippen LogP contribution is -2.36. The number of hydrogen-bond acceptors (Lipinski definition) is 7. The van der Waals surface area contributed by atoms with E-state index in [0.29, 0.717) is 54.7 Å². The second-order valence-corrected chi connectivity index (χ2v) is 8.47. The Morgan fingerprint density at radius 3 is 2.91 bits per heavy atom. The van der Waals surface area contributed by atoms with Gasteiger partial charge in [-0.1, -0.05) is 0 Å². The quantitative estimate of drug-likeness (QED) is 0.447. The maximum atomic E-state index is 14.7. The second-order valence-electron chi connectivity index (χ2n) is 8.47. The van der Waals surface area contributed by atoms with Crippen LogP contribution < -0.4 is 15.0 Å². The standard InChI is InChI=1S/C26H25FN6O2/c1-2-35-24-13-19(3-4-23(24)32-7-9-34-10-8-32)30-25-26-29-5-6-33(26)16-22(31-25)17-11-18-14-28-15-20(18)21(27)12-17/h3-6,11-13,15-16H,2,7-10,14H2,1H3,(H,30,31). The van der Waals surface area contributed by atoms with Gasteiger partial charge in [-0.25, -0.2) is 14.4 Å². The summed E-state index contributed by atoms with van der Waals surface area (Å²) in [5, 5.41) is 3.40. The number of fused-ring (bicyclic) bond motifs is 2. The highest BCUT2D eigenvalue weighted by molar-refractivity contribution is 5.86. The van der Waals surface area contributed by atoms with E-state index in [1.165, 1.54) is 6.07 Å². The third-order valence-electron chi connectivity index (χ3n) is 6.24. The summed E-state index contributed by atoms with van der Waals surface area (Å²) < 4.78 is 28.0. The van der Waals surface area contributed by atoms with E-state index in [0.717, 1.165) is 35.8 Å². The summed E-state index contributed by atoms with van der Waals surface area (Å²) in [6, 6.07) is 9.50. The Balaban J connectivity index is 1.37. The maximum Gasteiger partial charge on any atom is 0.180 e. The molecule has 178 valence electrons. The molecule has 0 saturated carbocycles. The predicted octanol–water partition coefficient (Wildman–Crippen LogP) is 4.45. The second kappa shape index (κ2) is 8.99. The van der Waals surface area contributed by atoms with Gasteiger partial charge in [0.1, 0.15) is 11.6 Å². The molecule has 1 fully saturated rings. The zero-order valence-electron chi connectivity index (χ0n) is 19.4. The van der Waals surface area contributed by atoms with E-state index in [-0.39, 0.29) is 5.82 Å². The average molecular weight is 473 g/mol. The number of morpholine rings is 1. The van der Waals surface area contributed by atoms with Crippen LogP contribution in [0.4, 0.5) is 21.6 Å². The first-order valence-corrected chi connectivity index (χ1v) is 11.7. The van der Waals surface area contributed by atoms with Crippen molar-refractivity contribution < 1.29 is 13.9 Å². The van der Waals surface area contributed by atoms with Crippen molar-refractivity contribution in [3.8, 4) is 17.0 Å². The van der Waals surface area contributed by atoms with E-state index in [9.17, 15) is 4.39 Å². The first kappa shape index (κ1) is 21.5. The van der Waals surface area contributed by atoms with Crippen LogP contribution >= 0.6 is 0 Å². The Kier molecular flexibility index (Phi) is 5.54. The number of nitrogens with zero attached hydrogens (tertiary/aromatic N) is 5. The monoisotopic (exact) mass is 472 g/mol. The highest BCUT2D eigenvalue weighted by Gasteiger charge is 2.18. The summed E-state index contributed by atoms with van der Waals surface area (Å²) in [5.74, 6) is 1.09. The molecular weight excluding hydrogens is 447 g/mol. The molecule has 0 bridgehead atoms. The zero-order valence-corrected chi connectivity index (χ0v) is 19.4. The van der Waals surface area contributed by atoms with Crippen LogP contribution in [0.25, 0.3) is 16.9 Å². The number of anilines is 3. The largest absolute Gasteiger partial charge is 0.492 e. The van der Waals surface area contributed by atoms with Gasteiger partial charge in [-0.3, -0.25) is 4.99 Å². The van der Waals surface area contributed by atoms with Gasteiger partial charge in [0, 0.05) is 60.8 Å². The summed E-state index contributed by atoms with van der Waals surface area (Å²) in [6.07, 6.45) is 7.02. The molecule has 4 heterocycles. The van der Waals surface area contributed by atoms with E-state index in [2.05, 4.69) is 26.3 Å². The Bertz CT molecular complexity index is 1430. The molecule has 9 heteroatoms. The number of imidazole rings is 1. The summed E-state index contributed by atoms with van der Waals surface area (Å²) in [5.41, 5.74) is 5.30. The van der Waals surface area contributed by atoms with Crippen molar-refractivity contribution >= 4 is 29.1 Å². The Morgan fingerprint density at radius 2 is 2.06 bits per heavy atom. The molecule has 0 atom stereocenters. The first-order chi connectivity index (χ1) is 17.2. The molecule has 6 rings (SSSR count). The molecule has 0 unspecified atom stereocenters. The number of nitrogens with one attached hydrogen (secondary N) is 1. The topological polar surface area (TPSA) is 76.3 Å². The normalized spacial score (nSPS) is 15.0. The maximum absolute atomic E-state index is 14.7. The van der Waals surface area contributed by atoms with Gasteiger partial charge >= 0.3 is 0 Å². The average Bonchev–Trinajstić information content (AvgIpc) is 3.55. The highest BCUT2D eigenvalue weighted by atomic mass is 19.1. The van der Waals surface area contributed by atoms with Crippen LogP contribution in [0.5, 0.6) is 5.75 Å². The fourth-order valence-corrected chi connectivity index (χ4v) is 4.55. The van der Waals surface area contributed by atoms with Crippen LogP contribution in [-0.4, -0.2) is 53.5 Å². The van der Waals surface area contributed by atoms with Gasteiger partial charge in [-0.15, -0.1) is 0 Å². The third kappa shape index (κ3) is 4.08. The van der Waals surface area contributed by atoms with Crippen molar-refractivity contribution in [3.05, 3.63) is 65.9 Å². The lowest BCUT2D eigenvalue weighted by atomic mass is 10.0. The first-order valence-electron chi connectivity index (χ1n) is 11.7. The molecule has 2 aromatic heterocycles. The summed E-state index contributed by atoms with van der Waals surface area (Å²) >= 11 is 0. The highest BCUT2D eigenvalue weighted by Crippen LogP contribution is 2.34. The minimum Gasteiger partial charge on any atom is -0.492 e. The fraction of sp³-hybridized carbons (Fsp3) is 0.269. The van der Waals surface area contributed by atoms with Gasteiger partial charge in [-0.05, 0) is 36.8 Å². The van der Waals surface area contributed by atoms with Crippen LogP contribution in [0.15, 0.2) is 53.9 Å². The van der Waals surface area contributed by atoms with Crippen LogP contribution in [0, 0.1) is 5.82 Å². The van der Waals surface area contributed by atoms with Crippen LogP contribution in [0.3, 0.4) is 0 Å². The van der Waals surface area contributed by atoms with Gasteiger partial charge in [-0.2, -0.15) is 0 Å². The third-order valence-corrected chi connectivity index (χ3v) is 6.24. The van der Waals surface area contributed by atoms with E-state index in [1.807, 2.05) is 41.9 Å². The van der Waals surface area contributed by atoms with Crippen LogP contribution in [0.1, 0.15) is 18.1 Å².